The van der Waals surface area contributed by atoms with Crippen LogP contribution in [-0.4, -0.2) is 10.8 Å². The number of nitrogens with zero attached hydrogens (tertiary/aromatic N) is 1. The van der Waals surface area contributed by atoms with E-state index >= 15 is 0 Å². The molecule has 7 heteroatoms. The maximum atomic E-state index is 12.4. The van der Waals surface area contributed by atoms with E-state index in [9.17, 15) is 14.9 Å². The Morgan fingerprint density at radius 3 is 2.41 bits per heavy atom. The maximum Gasteiger partial charge on any atom is 0.294 e. The van der Waals surface area contributed by atoms with E-state index in [1.807, 2.05) is 30.3 Å². The molecule has 1 N–H and O–H groups in total. The predicted molar refractivity (Wildman–Crippen MR) is 103 cm³/mol. The van der Waals surface area contributed by atoms with Crippen LogP contribution in [0.2, 0.25) is 5.02 Å². The zero-order chi connectivity index (χ0) is 19.2. The fraction of sp³-hybridized carbons (Fsp3) is 0.0500. The number of rotatable bonds is 6. The summed E-state index contributed by atoms with van der Waals surface area (Å²) < 4.78 is 5.67. The van der Waals surface area contributed by atoms with Gasteiger partial charge in [0.2, 0.25) is 0 Å². The second-order valence-corrected chi connectivity index (χ2v) is 6.11. The van der Waals surface area contributed by atoms with Crippen molar-refractivity contribution >= 4 is 28.9 Å². The van der Waals surface area contributed by atoms with Gasteiger partial charge in [0, 0.05) is 16.7 Å². The zero-order valence-corrected chi connectivity index (χ0v) is 14.8. The van der Waals surface area contributed by atoms with Crippen LogP contribution in [0.25, 0.3) is 0 Å². The smallest absolute Gasteiger partial charge is 0.294 e. The Hall–Kier alpha value is -3.38. The van der Waals surface area contributed by atoms with Gasteiger partial charge < -0.3 is 10.1 Å². The van der Waals surface area contributed by atoms with Crippen molar-refractivity contribution in [3.8, 4) is 5.75 Å². The van der Waals surface area contributed by atoms with Crippen LogP contribution in [-0.2, 0) is 6.61 Å². The summed E-state index contributed by atoms with van der Waals surface area (Å²) in [5.41, 5.74) is 1.21. The monoisotopic (exact) mass is 382 g/mol. The van der Waals surface area contributed by atoms with Crippen molar-refractivity contribution in [1.82, 2.24) is 0 Å². The number of halogens is 1. The van der Waals surface area contributed by atoms with E-state index in [1.165, 1.54) is 18.2 Å². The number of ether oxygens (including phenoxy) is 1. The topological polar surface area (TPSA) is 81.5 Å². The van der Waals surface area contributed by atoms with Crippen molar-refractivity contribution in [2.75, 3.05) is 5.32 Å². The van der Waals surface area contributed by atoms with Gasteiger partial charge >= 0.3 is 0 Å². The summed E-state index contributed by atoms with van der Waals surface area (Å²) in [7, 11) is 0. The number of hydrogen-bond donors (Lipinski definition) is 1. The maximum absolute atomic E-state index is 12.4. The Morgan fingerprint density at radius 1 is 1.04 bits per heavy atom. The number of hydrogen-bond acceptors (Lipinski definition) is 4. The Balaban J connectivity index is 1.67. The minimum Gasteiger partial charge on any atom is -0.489 e. The van der Waals surface area contributed by atoms with Crippen LogP contribution in [0.5, 0.6) is 5.75 Å². The molecule has 6 nitrogen and oxygen atoms in total. The van der Waals surface area contributed by atoms with Crippen LogP contribution < -0.4 is 10.1 Å². The highest BCUT2D eigenvalue weighted by molar-refractivity contribution is 6.31. The Morgan fingerprint density at radius 2 is 1.74 bits per heavy atom. The first kappa shape index (κ1) is 18.4. The summed E-state index contributed by atoms with van der Waals surface area (Å²) in [5.74, 6) is 0.155. The van der Waals surface area contributed by atoms with E-state index in [1.54, 1.807) is 24.3 Å². The molecule has 0 aliphatic heterocycles. The second-order valence-electron chi connectivity index (χ2n) is 5.67. The molecule has 3 aromatic carbocycles. The second kappa shape index (κ2) is 8.33. The zero-order valence-electron chi connectivity index (χ0n) is 14.1. The van der Waals surface area contributed by atoms with E-state index in [2.05, 4.69) is 5.32 Å². The van der Waals surface area contributed by atoms with Crippen LogP contribution in [0.3, 0.4) is 0 Å². The molecular weight excluding hydrogens is 368 g/mol. The third kappa shape index (κ3) is 4.83. The highest BCUT2D eigenvalue weighted by atomic mass is 35.5. The average molecular weight is 383 g/mol. The summed E-state index contributed by atoms with van der Waals surface area (Å²) in [6, 6.07) is 20.3. The molecule has 0 radical (unpaired) electrons. The predicted octanol–water partition coefficient (Wildman–Crippen LogP) is 5.08. The van der Waals surface area contributed by atoms with Gasteiger partial charge in [0.25, 0.3) is 11.6 Å². The van der Waals surface area contributed by atoms with E-state index < -0.39 is 10.8 Å². The minimum absolute atomic E-state index is 0.0822. The Bertz CT molecular complexity index is 959. The van der Waals surface area contributed by atoms with Crippen molar-refractivity contribution in [2.24, 2.45) is 0 Å². The van der Waals surface area contributed by atoms with Gasteiger partial charge in [-0.25, -0.2) is 0 Å². The number of carbonyl (C=O) groups is 1. The van der Waals surface area contributed by atoms with Crippen molar-refractivity contribution in [1.29, 1.82) is 0 Å². The summed E-state index contributed by atoms with van der Waals surface area (Å²) in [6.07, 6.45) is 0. The summed E-state index contributed by atoms with van der Waals surface area (Å²) in [4.78, 5) is 22.9. The van der Waals surface area contributed by atoms with Gasteiger partial charge in [-0.1, -0.05) is 41.9 Å². The third-order valence-corrected chi connectivity index (χ3v) is 4.00. The molecule has 3 aromatic rings. The molecule has 0 heterocycles. The first-order valence-corrected chi connectivity index (χ1v) is 8.43. The Kier molecular flexibility index (Phi) is 5.68. The molecule has 0 fully saturated rings. The number of nitro groups is 1. The van der Waals surface area contributed by atoms with E-state index in [4.69, 9.17) is 16.3 Å². The van der Waals surface area contributed by atoms with Crippen LogP contribution in [0.4, 0.5) is 11.4 Å². The number of carbonyl (C=O) groups excluding carboxylic acids is 1. The van der Waals surface area contributed by atoms with Gasteiger partial charge in [-0.15, -0.1) is 0 Å². The molecular formula is C20H15ClN2O4. The highest BCUT2D eigenvalue weighted by Crippen LogP contribution is 2.28. The third-order valence-electron chi connectivity index (χ3n) is 3.77. The number of nitrogens with one attached hydrogen (secondary N) is 1. The first-order chi connectivity index (χ1) is 13.0. The fourth-order valence-corrected chi connectivity index (χ4v) is 2.57. The minimum atomic E-state index is -0.595. The molecule has 3 rings (SSSR count). The van der Waals surface area contributed by atoms with Crippen molar-refractivity contribution < 1.29 is 14.5 Å². The van der Waals surface area contributed by atoms with E-state index in [0.717, 1.165) is 5.56 Å². The molecule has 27 heavy (non-hydrogen) atoms. The molecule has 1 amide bonds. The lowest BCUT2D eigenvalue weighted by molar-refractivity contribution is -0.383. The normalized spacial score (nSPS) is 10.3. The molecule has 0 unspecified atom stereocenters. The van der Waals surface area contributed by atoms with Gasteiger partial charge in [0.05, 0.1) is 4.92 Å². The van der Waals surface area contributed by atoms with Gasteiger partial charge in [-0.2, -0.15) is 0 Å². The molecule has 0 saturated heterocycles. The van der Waals surface area contributed by atoms with Crippen molar-refractivity contribution in [3.05, 3.63) is 99.1 Å². The molecule has 136 valence electrons. The van der Waals surface area contributed by atoms with E-state index in [0.29, 0.717) is 17.9 Å². The molecule has 0 spiro atoms. The summed E-state index contributed by atoms with van der Waals surface area (Å²) in [6.45, 7) is 0.420. The number of benzene rings is 3. The largest absolute Gasteiger partial charge is 0.489 e. The quantitative estimate of drug-likeness (QED) is 0.476. The number of nitro benzene ring substituents is 1. The number of anilines is 1. The summed E-state index contributed by atoms with van der Waals surface area (Å²) >= 11 is 5.77. The van der Waals surface area contributed by atoms with Crippen molar-refractivity contribution in [3.63, 3.8) is 0 Å². The van der Waals surface area contributed by atoms with Crippen LogP contribution in [0.15, 0.2) is 72.8 Å². The lowest BCUT2D eigenvalue weighted by Gasteiger charge is -2.08. The van der Waals surface area contributed by atoms with E-state index in [-0.39, 0.29) is 16.4 Å². The van der Waals surface area contributed by atoms with Crippen LogP contribution in [0, 0.1) is 10.1 Å². The van der Waals surface area contributed by atoms with Gasteiger partial charge in [-0.05, 0) is 42.0 Å². The molecule has 0 saturated carbocycles. The van der Waals surface area contributed by atoms with Crippen molar-refractivity contribution in [2.45, 2.75) is 6.61 Å². The lowest BCUT2D eigenvalue weighted by Crippen LogP contribution is -2.13. The molecule has 0 aromatic heterocycles. The average Bonchev–Trinajstić information content (AvgIpc) is 2.68. The van der Waals surface area contributed by atoms with Crippen LogP contribution >= 0.6 is 11.6 Å². The van der Waals surface area contributed by atoms with Crippen LogP contribution in [0.1, 0.15) is 15.9 Å². The Labute approximate surface area is 160 Å². The first-order valence-electron chi connectivity index (χ1n) is 8.05. The fourth-order valence-electron chi connectivity index (χ4n) is 2.40. The van der Waals surface area contributed by atoms with Gasteiger partial charge in [-0.3, -0.25) is 14.9 Å². The molecule has 0 bridgehead atoms. The van der Waals surface area contributed by atoms with Gasteiger partial charge in [0.1, 0.15) is 18.0 Å². The number of amides is 1. The van der Waals surface area contributed by atoms with Gasteiger partial charge in [0.15, 0.2) is 0 Å². The molecule has 0 aliphatic carbocycles. The highest BCUT2D eigenvalue weighted by Gasteiger charge is 2.17. The molecule has 0 atom stereocenters. The summed E-state index contributed by atoms with van der Waals surface area (Å²) in [5, 5.41) is 13.9. The standard InChI is InChI=1S/C20H15ClN2O4/c21-16-8-11-18(19(12-16)23(25)26)22-20(24)15-6-9-17(10-7-15)27-13-14-4-2-1-3-5-14/h1-12H,13H2,(H,22,24). The SMILES string of the molecule is O=C(Nc1ccc(Cl)cc1[N+](=O)[O-])c1ccc(OCc2ccccc2)cc1. The molecule has 0 aliphatic rings. The lowest BCUT2D eigenvalue weighted by atomic mass is 10.2.